The Balaban J connectivity index is 2.32. The highest BCUT2D eigenvalue weighted by atomic mass is 32.1. The molecule has 0 N–H and O–H groups in total. The number of fused-ring (bicyclic) bond motifs is 1. The van der Waals surface area contributed by atoms with E-state index >= 15 is 0 Å². The van der Waals surface area contributed by atoms with E-state index in [1.807, 2.05) is 0 Å². The summed E-state index contributed by atoms with van der Waals surface area (Å²) in [4.78, 5) is 2.26. The van der Waals surface area contributed by atoms with Crippen LogP contribution >= 0.6 is 24.8 Å². The van der Waals surface area contributed by atoms with E-state index in [9.17, 15) is 0 Å². The number of thiol groups is 1. The molecule has 0 amide bonds. The lowest BCUT2D eigenvalue weighted by Crippen LogP contribution is -2.33. The minimum Gasteiger partial charge on any atom is -0.367 e. The van der Waals surface area contributed by atoms with Crippen LogP contribution in [-0.2, 0) is 0 Å². The molecule has 0 radical (unpaired) electrons. The van der Waals surface area contributed by atoms with Crippen LogP contribution in [0.5, 0.6) is 0 Å². The van der Waals surface area contributed by atoms with Crippen molar-refractivity contribution in [2.75, 3.05) is 11.9 Å². The molecular weight excluding hydrogens is 234 g/mol. The zero-order valence-electron chi connectivity index (χ0n) is 9.47. The first-order valence-electron chi connectivity index (χ1n) is 5.31. The highest BCUT2D eigenvalue weighted by molar-refractivity contribution is 8.11. The number of benzene rings is 1. The molecule has 1 aromatic carbocycles. The van der Waals surface area contributed by atoms with Crippen molar-refractivity contribution in [1.29, 1.82) is 0 Å². The molecule has 0 saturated heterocycles. The fourth-order valence-electron chi connectivity index (χ4n) is 2.04. The summed E-state index contributed by atoms with van der Waals surface area (Å²) in [5.74, 6) is 0. The first kappa shape index (κ1) is 11.7. The molecule has 0 saturated carbocycles. The van der Waals surface area contributed by atoms with Crippen molar-refractivity contribution in [1.82, 2.24) is 0 Å². The molecule has 0 bridgehead atoms. The average Bonchev–Trinajstić information content (AvgIpc) is 2.22. The van der Waals surface area contributed by atoms with Crippen LogP contribution < -0.4 is 4.90 Å². The molecule has 0 spiro atoms. The number of thiocarbonyl (C=S) groups is 1. The van der Waals surface area contributed by atoms with E-state index in [0.29, 0.717) is 6.04 Å². The lowest BCUT2D eigenvalue weighted by atomic mass is 10.0. The van der Waals surface area contributed by atoms with E-state index in [-0.39, 0.29) is 0 Å². The molecule has 16 heavy (non-hydrogen) atoms. The molecule has 0 fully saturated rings. The highest BCUT2D eigenvalue weighted by Crippen LogP contribution is 2.29. The first-order valence-corrected chi connectivity index (χ1v) is 6.17. The van der Waals surface area contributed by atoms with Gasteiger partial charge in [0.2, 0.25) is 0 Å². The van der Waals surface area contributed by atoms with Crippen molar-refractivity contribution < 1.29 is 0 Å². The van der Waals surface area contributed by atoms with Crippen molar-refractivity contribution >= 4 is 40.8 Å². The Bertz CT molecular complexity index is 451. The largest absolute Gasteiger partial charge is 0.367 e. The van der Waals surface area contributed by atoms with Crippen molar-refractivity contribution in [3.63, 3.8) is 0 Å². The molecule has 1 atom stereocenters. The lowest BCUT2D eigenvalue weighted by molar-refractivity contribution is 0.781. The van der Waals surface area contributed by atoms with Crippen LogP contribution in [0, 0.1) is 6.92 Å². The van der Waals surface area contributed by atoms with Gasteiger partial charge in [-0.25, -0.2) is 0 Å². The third-order valence-electron chi connectivity index (χ3n) is 2.94. The lowest BCUT2D eigenvalue weighted by Gasteiger charge is -2.32. The van der Waals surface area contributed by atoms with Crippen molar-refractivity contribution in [3.05, 3.63) is 35.4 Å². The Labute approximate surface area is 108 Å². The van der Waals surface area contributed by atoms with Crippen LogP contribution in [0.4, 0.5) is 5.69 Å². The van der Waals surface area contributed by atoms with Gasteiger partial charge in [-0.3, -0.25) is 0 Å². The Morgan fingerprint density at radius 3 is 2.94 bits per heavy atom. The smallest absolute Gasteiger partial charge is 0.0526 e. The standard InChI is InChI=1S/C13H15NS2/c1-9-3-6-12-10(7-9)4-5-11(14(12)2)8-13(15)16/h3-7,11H,8H2,1-2H3,(H,15,16). The van der Waals surface area contributed by atoms with Gasteiger partial charge in [0.1, 0.15) is 0 Å². The summed E-state index contributed by atoms with van der Waals surface area (Å²) >= 11 is 9.26. The zero-order valence-corrected chi connectivity index (χ0v) is 11.2. The van der Waals surface area contributed by atoms with Crippen molar-refractivity contribution in [2.24, 2.45) is 0 Å². The minimum atomic E-state index is 0.334. The number of nitrogens with zero attached hydrogens (tertiary/aromatic N) is 1. The minimum absolute atomic E-state index is 0.334. The van der Waals surface area contributed by atoms with Crippen LogP contribution in [-0.4, -0.2) is 17.3 Å². The van der Waals surface area contributed by atoms with Crippen LogP contribution in [0.15, 0.2) is 24.3 Å². The van der Waals surface area contributed by atoms with Crippen LogP contribution in [0.3, 0.4) is 0 Å². The Kier molecular flexibility index (Phi) is 3.36. The van der Waals surface area contributed by atoms with Gasteiger partial charge in [0.15, 0.2) is 0 Å². The van der Waals surface area contributed by atoms with E-state index in [1.54, 1.807) is 0 Å². The molecule has 2 rings (SSSR count). The van der Waals surface area contributed by atoms with Gasteiger partial charge in [-0.1, -0.05) is 36.0 Å². The Hall–Kier alpha value is -0.800. The van der Waals surface area contributed by atoms with Crippen LogP contribution in [0.25, 0.3) is 6.08 Å². The number of hydrogen-bond acceptors (Lipinski definition) is 2. The second-order valence-corrected chi connectivity index (χ2v) is 5.53. The van der Waals surface area contributed by atoms with E-state index in [2.05, 4.69) is 61.9 Å². The molecule has 1 aliphatic rings. The number of rotatable bonds is 2. The maximum Gasteiger partial charge on any atom is 0.0526 e. The van der Waals surface area contributed by atoms with Crippen LogP contribution in [0.1, 0.15) is 17.5 Å². The topological polar surface area (TPSA) is 3.24 Å². The van der Waals surface area contributed by atoms with Gasteiger partial charge < -0.3 is 4.90 Å². The summed E-state index contributed by atoms with van der Waals surface area (Å²) < 4.78 is 0.761. The Morgan fingerprint density at radius 2 is 2.25 bits per heavy atom. The van der Waals surface area contributed by atoms with Crippen LogP contribution in [0.2, 0.25) is 0 Å². The second kappa shape index (κ2) is 4.60. The molecule has 1 heterocycles. The third kappa shape index (κ3) is 2.30. The van der Waals surface area contributed by atoms with Crippen molar-refractivity contribution in [3.8, 4) is 0 Å². The Morgan fingerprint density at radius 1 is 1.50 bits per heavy atom. The van der Waals surface area contributed by atoms with Gasteiger partial charge in [-0.15, -0.1) is 12.6 Å². The fourth-order valence-corrected chi connectivity index (χ4v) is 2.39. The zero-order chi connectivity index (χ0) is 11.7. The average molecular weight is 249 g/mol. The summed E-state index contributed by atoms with van der Waals surface area (Å²) in [6.07, 6.45) is 5.20. The molecule has 1 unspecified atom stereocenters. The van der Waals surface area contributed by atoms with E-state index in [4.69, 9.17) is 12.2 Å². The SMILES string of the molecule is Cc1ccc2c(c1)C=CC(CC(=S)S)N2C. The van der Waals surface area contributed by atoms with E-state index in [1.165, 1.54) is 16.8 Å². The monoisotopic (exact) mass is 249 g/mol. The maximum absolute atomic E-state index is 5.05. The molecular formula is C13H15NS2. The molecule has 0 aliphatic carbocycles. The van der Waals surface area contributed by atoms with Crippen molar-refractivity contribution in [2.45, 2.75) is 19.4 Å². The summed E-state index contributed by atoms with van der Waals surface area (Å²) in [5.41, 5.74) is 3.84. The molecule has 1 aliphatic heterocycles. The van der Waals surface area contributed by atoms with E-state index < -0.39 is 0 Å². The molecule has 3 heteroatoms. The molecule has 1 aromatic rings. The van der Waals surface area contributed by atoms with Gasteiger partial charge in [-0.2, -0.15) is 0 Å². The number of hydrogen-bond donors (Lipinski definition) is 1. The van der Waals surface area contributed by atoms with Gasteiger partial charge >= 0.3 is 0 Å². The number of aryl methyl sites for hydroxylation is 1. The second-order valence-electron chi connectivity index (χ2n) is 4.20. The molecule has 84 valence electrons. The number of anilines is 1. The third-order valence-corrected chi connectivity index (χ3v) is 3.29. The predicted octanol–water partition coefficient (Wildman–Crippen LogP) is 3.47. The van der Waals surface area contributed by atoms with Gasteiger partial charge in [0.05, 0.1) is 6.04 Å². The summed E-state index contributed by atoms with van der Waals surface area (Å²) in [6, 6.07) is 6.85. The summed E-state index contributed by atoms with van der Waals surface area (Å²) in [5, 5.41) is 0. The summed E-state index contributed by atoms with van der Waals surface area (Å²) in [6.45, 7) is 2.11. The van der Waals surface area contributed by atoms with Gasteiger partial charge in [0, 0.05) is 23.4 Å². The predicted molar refractivity (Wildman–Crippen MR) is 78.6 cm³/mol. The number of likely N-dealkylation sites (N-methyl/N-ethyl adjacent to an activating group) is 1. The quantitative estimate of drug-likeness (QED) is 0.631. The molecule has 0 aromatic heterocycles. The maximum atomic E-state index is 5.05. The summed E-state index contributed by atoms with van der Waals surface area (Å²) in [7, 11) is 2.11. The molecule has 1 nitrogen and oxygen atoms in total. The van der Waals surface area contributed by atoms with Gasteiger partial charge in [0.25, 0.3) is 0 Å². The fraction of sp³-hybridized carbons (Fsp3) is 0.308. The normalized spacial score (nSPS) is 18.4. The van der Waals surface area contributed by atoms with Gasteiger partial charge in [-0.05, 0) is 24.6 Å². The highest BCUT2D eigenvalue weighted by Gasteiger charge is 2.19. The van der Waals surface area contributed by atoms with E-state index in [0.717, 1.165) is 10.6 Å². The first-order chi connectivity index (χ1) is 7.58.